The van der Waals surface area contributed by atoms with Crippen LogP contribution in [0, 0.1) is 6.92 Å². The molecular formula is C18H21NO5S2. The molecule has 2 rings (SSSR count). The van der Waals surface area contributed by atoms with Crippen molar-refractivity contribution in [1.82, 2.24) is 5.32 Å². The van der Waals surface area contributed by atoms with Crippen molar-refractivity contribution < 1.29 is 22.7 Å². The molecule has 6 nitrogen and oxygen atoms in total. The first-order valence-electron chi connectivity index (χ1n) is 7.90. The first-order valence-corrected chi connectivity index (χ1v) is 10.9. The molecule has 0 fully saturated rings. The highest BCUT2D eigenvalue weighted by Crippen LogP contribution is 2.23. The summed E-state index contributed by atoms with van der Waals surface area (Å²) in [5, 5.41) is 2.54. The maximum Gasteiger partial charge on any atom is 0.407 e. The summed E-state index contributed by atoms with van der Waals surface area (Å²) in [6, 6.07) is 13.8. The third-order valence-electron chi connectivity index (χ3n) is 3.45. The summed E-state index contributed by atoms with van der Waals surface area (Å²) >= 11 is 0. The number of amides is 1. The van der Waals surface area contributed by atoms with E-state index in [2.05, 4.69) is 5.32 Å². The van der Waals surface area contributed by atoms with Gasteiger partial charge < -0.3 is 14.8 Å². The average molecular weight is 396 g/mol. The van der Waals surface area contributed by atoms with Crippen LogP contribution in [-0.4, -0.2) is 33.9 Å². The van der Waals surface area contributed by atoms with Crippen LogP contribution in [0.25, 0.3) is 0 Å². The number of carbonyl (C=O) groups is 1. The van der Waals surface area contributed by atoms with Crippen LogP contribution in [0.15, 0.2) is 53.4 Å². The Morgan fingerprint density at radius 1 is 1.08 bits per heavy atom. The van der Waals surface area contributed by atoms with Crippen LogP contribution < -0.4 is 10.1 Å². The summed E-state index contributed by atoms with van der Waals surface area (Å²) in [6.45, 7) is 2.22. The normalized spacial score (nSPS) is 11.0. The van der Waals surface area contributed by atoms with Crippen molar-refractivity contribution in [2.75, 3.05) is 19.4 Å². The predicted molar refractivity (Wildman–Crippen MR) is 102 cm³/mol. The Morgan fingerprint density at radius 2 is 1.73 bits per heavy atom. The molecule has 0 aliphatic carbocycles. The lowest BCUT2D eigenvalue weighted by Crippen LogP contribution is -2.26. The average Bonchev–Trinajstić information content (AvgIpc) is 2.64. The standard InChI is InChI=1S/C18H21NO5S2/c1-14-3-9-17(10-4-14)26(21,22)25-12-11-19-18(20)24-13-15-5-7-16(23-2)8-6-15/h3-10H,11-13H2,1-2H3,(H,19,20). The molecule has 0 heterocycles. The second-order valence-corrected chi connectivity index (χ2v) is 9.49. The largest absolute Gasteiger partial charge is 0.497 e. The Hall–Kier alpha value is -2.19. The zero-order valence-corrected chi connectivity index (χ0v) is 16.2. The summed E-state index contributed by atoms with van der Waals surface area (Å²) in [6.07, 6.45) is -0.589. The van der Waals surface area contributed by atoms with Crippen molar-refractivity contribution in [2.24, 2.45) is 0 Å². The maximum absolute atomic E-state index is 12.2. The summed E-state index contributed by atoms with van der Waals surface area (Å²) in [4.78, 5) is 11.9. The molecule has 2 aromatic carbocycles. The molecule has 140 valence electrons. The molecule has 0 aromatic heterocycles. The van der Waals surface area contributed by atoms with E-state index in [1.807, 2.05) is 6.92 Å². The minimum atomic E-state index is -3.42. The van der Waals surface area contributed by atoms with Gasteiger partial charge in [-0.1, -0.05) is 29.8 Å². The van der Waals surface area contributed by atoms with Crippen LogP contribution in [0.1, 0.15) is 11.1 Å². The van der Waals surface area contributed by atoms with Crippen LogP contribution in [0.3, 0.4) is 0 Å². The van der Waals surface area contributed by atoms with Gasteiger partial charge in [-0.05, 0) is 47.5 Å². The van der Waals surface area contributed by atoms with Gasteiger partial charge in [0.2, 0.25) is 8.87 Å². The number of nitrogens with one attached hydrogen (secondary N) is 1. The van der Waals surface area contributed by atoms with Crippen molar-refractivity contribution in [2.45, 2.75) is 18.4 Å². The number of aryl methyl sites for hydroxylation is 1. The maximum atomic E-state index is 12.2. The fraction of sp³-hybridized carbons (Fsp3) is 0.278. The van der Waals surface area contributed by atoms with Crippen molar-refractivity contribution >= 4 is 25.8 Å². The van der Waals surface area contributed by atoms with Gasteiger partial charge in [0, 0.05) is 12.3 Å². The van der Waals surface area contributed by atoms with Gasteiger partial charge in [0.15, 0.2) is 0 Å². The number of benzene rings is 2. The van der Waals surface area contributed by atoms with Gasteiger partial charge in [-0.3, -0.25) is 0 Å². The molecule has 0 spiro atoms. The van der Waals surface area contributed by atoms with E-state index in [1.165, 1.54) is 0 Å². The number of ether oxygens (including phenoxy) is 2. The van der Waals surface area contributed by atoms with Gasteiger partial charge >= 0.3 is 6.09 Å². The first kappa shape index (κ1) is 20.1. The molecule has 1 amide bonds. The monoisotopic (exact) mass is 395 g/mol. The lowest BCUT2D eigenvalue weighted by Gasteiger charge is -2.08. The summed E-state index contributed by atoms with van der Waals surface area (Å²) in [7, 11) is -1.06. The summed E-state index contributed by atoms with van der Waals surface area (Å²) in [5.74, 6) is 0.957. The zero-order chi connectivity index (χ0) is 19.0. The molecule has 0 saturated carbocycles. The topological polar surface area (TPSA) is 81.7 Å². The van der Waals surface area contributed by atoms with Gasteiger partial charge in [-0.15, -0.1) is 0 Å². The van der Waals surface area contributed by atoms with Crippen molar-refractivity contribution in [3.63, 3.8) is 0 Å². The van der Waals surface area contributed by atoms with Crippen molar-refractivity contribution in [1.29, 1.82) is 0 Å². The second-order valence-electron chi connectivity index (χ2n) is 5.44. The molecule has 0 atom stereocenters. The van der Waals surface area contributed by atoms with Gasteiger partial charge in [-0.25, -0.2) is 13.2 Å². The van der Waals surface area contributed by atoms with Crippen molar-refractivity contribution in [3.8, 4) is 5.75 Å². The Labute approximate surface area is 157 Å². The summed E-state index contributed by atoms with van der Waals surface area (Å²) in [5.41, 5.74) is 1.83. The van der Waals surface area contributed by atoms with Gasteiger partial charge in [0.1, 0.15) is 12.4 Å². The van der Waals surface area contributed by atoms with E-state index < -0.39 is 15.0 Å². The lowest BCUT2D eigenvalue weighted by atomic mass is 10.2. The molecule has 0 aliphatic rings. The fourth-order valence-corrected chi connectivity index (χ4v) is 4.66. The van der Waals surface area contributed by atoms with E-state index in [0.717, 1.165) is 27.7 Å². The van der Waals surface area contributed by atoms with Crippen LogP contribution in [-0.2, 0) is 20.2 Å². The minimum Gasteiger partial charge on any atom is -0.497 e. The van der Waals surface area contributed by atoms with Gasteiger partial charge in [-0.2, -0.15) is 0 Å². The van der Waals surface area contributed by atoms with E-state index in [0.29, 0.717) is 0 Å². The summed E-state index contributed by atoms with van der Waals surface area (Å²) < 4.78 is 34.5. The molecule has 0 unspecified atom stereocenters. The predicted octanol–water partition coefficient (Wildman–Crippen LogP) is 3.35. The first-order chi connectivity index (χ1) is 12.4. The molecule has 0 bridgehead atoms. The number of methoxy groups -OCH3 is 1. The van der Waals surface area contributed by atoms with Gasteiger partial charge in [0.05, 0.1) is 12.0 Å². The van der Waals surface area contributed by atoms with E-state index >= 15 is 0 Å². The van der Waals surface area contributed by atoms with Crippen LogP contribution in [0.5, 0.6) is 5.75 Å². The number of rotatable bonds is 8. The van der Waals surface area contributed by atoms with E-state index in [-0.39, 0.29) is 23.8 Å². The van der Waals surface area contributed by atoms with Crippen LogP contribution in [0.2, 0.25) is 0 Å². The second kappa shape index (κ2) is 9.49. The zero-order valence-electron chi connectivity index (χ0n) is 14.6. The van der Waals surface area contributed by atoms with Crippen LogP contribution >= 0.6 is 10.8 Å². The Balaban J connectivity index is 1.70. The minimum absolute atomic E-state index is 0.130. The Morgan fingerprint density at radius 3 is 2.35 bits per heavy atom. The highest BCUT2D eigenvalue weighted by molar-refractivity contribution is 8.72. The highest BCUT2D eigenvalue weighted by atomic mass is 33.1. The molecule has 2 aromatic rings. The molecule has 0 radical (unpaired) electrons. The molecular weight excluding hydrogens is 374 g/mol. The van der Waals surface area contributed by atoms with E-state index in [4.69, 9.17) is 9.47 Å². The van der Waals surface area contributed by atoms with Crippen molar-refractivity contribution in [3.05, 3.63) is 59.7 Å². The van der Waals surface area contributed by atoms with E-state index in [1.54, 1.807) is 55.6 Å². The number of carbonyl (C=O) groups excluding carboxylic acids is 1. The molecule has 1 N–H and O–H groups in total. The van der Waals surface area contributed by atoms with E-state index in [9.17, 15) is 13.2 Å². The fourth-order valence-electron chi connectivity index (χ4n) is 2.00. The third kappa shape index (κ3) is 6.27. The third-order valence-corrected chi connectivity index (χ3v) is 6.99. The molecule has 0 saturated heterocycles. The number of hydrogen-bond donors (Lipinski definition) is 1. The lowest BCUT2D eigenvalue weighted by molar-refractivity contribution is 0.140. The molecule has 26 heavy (non-hydrogen) atoms. The number of alkyl carbamates (subject to hydrolysis) is 1. The van der Waals surface area contributed by atoms with Gasteiger partial charge in [0.25, 0.3) is 0 Å². The van der Waals surface area contributed by atoms with Crippen LogP contribution in [0.4, 0.5) is 4.79 Å². The smallest absolute Gasteiger partial charge is 0.407 e. The molecule has 8 heteroatoms. The Bertz CT molecular complexity index is 818. The number of hydrogen-bond acceptors (Lipinski definition) is 6. The quantitative estimate of drug-likeness (QED) is 0.545. The highest BCUT2D eigenvalue weighted by Gasteiger charge is 2.14. The molecule has 0 aliphatic heterocycles. The Kier molecular flexibility index (Phi) is 7.35. The SMILES string of the molecule is COc1ccc(COC(=O)NCCSS(=O)(=O)c2ccc(C)cc2)cc1.